The third kappa shape index (κ3) is 4.16. The Morgan fingerprint density at radius 1 is 1.06 bits per heavy atom. The number of carbonyl (C=O) groups excluding carboxylic acids is 3. The van der Waals surface area contributed by atoms with E-state index in [2.05, 4.69) is 5.32 Å². The molecule has 0 radical (unpaired) electrons. The Labute approximate surface area is 187 Å². The number of anilines is 1. The lowest BCUT2D eigenvalue weighted by Crippen LogP contribution is -2.38. The van der Waals surface area contributed by atoms with Crippen molar-refractivity contribution in [1.82, 2.24) is 9.21 Å². The Hall–Kier alpha value is -2.72. The Kier molecular flexibility index (Phi) is 6.34. The molecular formula is C22H27N3O6S. The molecule has 1 aromatic rings. The van der Waals surface area contributed by atoms with Crippen molar-refractivity contribution >= 4 is 33.4 Å². The van der Waals surface area contributed by atoms with Crippen molar-refractivity contribution in [2.24, 2.45) is 11.8 Å². The Balaban J connectivity index is 1.51. The standard InChI is InChI=1S/C22H27N3O6S/c1-31-19-10-9-15(32(29,30)24-11-5-2-6-12-24)13-18(19)23-20(26)14-25-21(27)16-7-3-4-8-17(16)22(25)28/h3-4,9-10,13,16-17H,2,5-8,11-12,14H2,1H3,(H,23,26)/t16-,17-/m1/s1. The maximum Gasteiger partial charge on any atom is 0.244 e. The van der Waals surface area contributed by atoms with Gasteiger partial charge in [-0.25, -0.2) is 8.42 Å². The summed E-state index contributed by atoms with van der Waals surface area (Å²) in [5, 5.41) is 2.62. The van der Waals surface area contributed by atoms with Gasteiger partial charge in [-0.05, 0) is 43.9 Å². The molecule has 2 saturated heterocycles. The van der Waals surface area contributed by atoms with Crippen LogP contribution in [0.5, 0.6) is 5.75 Å². The first-order valence-electron chi connectivity index (χ1n) is 10.8. The number of imide groups is 1. The number of hydrogen-bond acceptors (Lipinski definition) is 6. The lowest BCUT2D eigenvalue weighted by atomic mass is 9.85. The fraction of sp³-hybridized carbons (Fsp3) is 0.500. The fourth-order valence-electron chi connectivity index (χ4n) is 4.56. The number of methoxy groups -OCH3 is 1. The van der Waals surface area contributed by atoms with Crippen LogP contribution >= 0.6 is 0 Å². The topological polar surface area (TPSA) is 113 Å². The van der Waals surface area contributed by atoms with E-state index in [0.29, 0.717) is 25.9 Å². The van der Waals surface area contributed by atoms with Crippen LogP contribution in [0.3, 0.4) is 0 Å². The van der Waals surface area contributed by atoms with Gasteiger partial charge >= 0.3 is 0 Å². The quantitative estimate of drug-likeness (QED) is 0.510. The summed E-state index contributed by atoms with van der Waals surface area (Å²) < 4.78 is 32.7. The number of fused-ring (bicyclic) bond motifs is 1. The van der Waals surface area contributed by atoms with Crippen molar-refractivity contribution < 1.29 is 27.5 Å². The number of nitrogens with one attached hydrogen (secondary N) is 1. The van der Waals surface area contributed by atoms with E-state index in [1.807, 2.05) is 12.2 Å². The number of sulfonamides is 1. The highest BCUT2D eigenvalue weighted by molar-refractivity contribution is 7.89. The summed E-state index contributed by atoms with van der Waals surface area (Å²) in [5.74, 6) is -1.81. The van der Waals surface area contributed by atoms with Gasteiger partial charge < -0.3 is 10.1 Å². The zero-order valence-electron chi connectivity index (χ0n) is 18.0. The average Bonchev–Trinajstić information content (AvgIpc) is 3.04. The van der Waals surface area contributed by atoms with Crippen LogP contribution in [0.4, 0.5) is 5.69 Å². The van der Waals surface area contributed by atoms with Crippen LogP contribution in [0.25, 0.3) is 0 Å². The van der Waals surface area contributed by atoms with Crippen molar-refractivity contribution in [2.45, 2.75) is 37.0 Å². The molecular weight excluding hydrogens is 434 g/mol. The second-order valence-electron chi connectivity index (χ2n) is 8.29. The van der Waals surface area contributed by atoms with Gasteiger partial charge in [0.1, 0.15) is 12.3 Å². The molecule has 2 heterocycles. The van der Waals surface area contributed by atoms with Crippen LogP contribution in [0.1, 0.15) is 32.1 Å². The third-order valence-corrected chi connectivity index (χ3v) is 8.19. The minimum Gasteiger partial charge on any atom is -0.495 e. The lowest BCUT2D eigenvalue weighted by molar-refractivity contribution is -0.142. The smallest absolute Gasteiger partial charge is 0.244 e. The summed E-state index contributed by atoms with van der Waals surface area (Å²) in [6, 6.07) is 4.29. The minimum atomic E-state index is -3.70. The van der Waals surface area contributed by atoms with Gasteiger partial charge in [0.15, 0.2) is 0 Å². The molecule has 0 aromatic heterocycles. The molecule has 0 saturated carbocycles. The normalized spacial score (nSPS) is 23.8. The summed E-state index contributed by atoms with van der Waals surface area (Å²) in [7, 11) is -2.29. The number of rotatable bonds is 6. The summed E-state index contributed by atoms with van der Waals surface area (Å²) in [6.45, 7) is 0.510. The predicted octanol–water partition coefficient (Wildman–Crippen LogP) is 1.76. The zero-order valence-corrected chi connectivity index (χ0v) is 18.8. The third-order valence-electron chi connectivity index (χ3n) is 6.30. The van der Waals surface area contributed by atoms with Crippen LogP contribution in [0.15, 0.2) is 35.2 Å². The molecule has 32 heavy (non-hydrogen) atoms. The zero-order chi connectivity index (χ0) is 22.9. The highest BCUT2D eigenvalue weighted by atomic mass is 32.2. The maximum atomic E-state index is 13.0. The Morgan fingerprint density at radius 2 is 1.69 bits per heavy atom. The van der Waals surface area contributed by atoms with Crippen LogP contribution in [0, 0.1) is 11.8 Å². The molecule has 9 nitrogen and oxygen atoms in total. The second kappa shape index (κ2) is 9.03. The molecule has 2 fully saturated rings. The van der Waals surface area contributed by atoms with E-state index in [4.69, 9.17) is 4.74 Å². The summed E-state index contributed by atoms with van der Waals surface area (Å²) in [4.78, 5) is 39.0. The number of hydrogen-bond donors (Lipinski definition) is 1. The molecule has 1 aliphatic carbocycles. The molecule has 1 aromatic carbocycles. The molecule has 1 N–H and O–H groups in total. The fourth-order valence-corrected chi connectivity index (χ4v) is 6.10. The summed E-state index contributed by atoms with van der Waals surface area (Å²) in [5.41, 5.74) is 0.175. The number of allylic oxidation sites excluding steroid dienone is 2. The summed E-state index contributed by atoms with van der Waals surface area (Å²) >= 11 is 0. The maximum absolute atomic E-state index is 13.0. The molecule has 2 aliphatic heterocycles. The van der Waals surface area contributed by atoms with Crippen molar-refractivity contribution in [3.8, 4) is 5.75 Å². The average molecular weight is 462 g/mol. The Bertz CT molecular complexity index is 1040. The van der Waals surface area contributed by atoms with E-state index in [-0.39, 0.29) is 28.1 Å². The molecule has 3 amide bonds. The number of nitrogens with zero attached hydrogens (tertiary/aromatic N) is 2. The predicted molar refractivity (Wildman–Crippen MR) is 116 cm³/mol. The highest BCUT2D eigenvalue weighted by Crippen LogP contribution is 2.35. The molecule has 2 atom stereocenters. The van der Waals surface area contributed by atoms with Crippen LogP contribution in [-0.2, 0) is 24.4 Å². The van der Waals surface area contributed by atoms with Gasteiger partial charge in [-0.15, -0.1) is 0 Å². The van der Waals surface area contributed by atoms with Gasteiger partial charge in [-0.2, -0.15) is 4.31 Å². The first kappa shape index (κ1) is 22.5. The molecule has 0 bridgehead atoms. The summed E-state index contributed by atoms with van der Waals surface area (Å²) in [6.07, 6.45) is 7.39. The Morgan fingerprint density at radius 3 is 2.28 bits per heavy atom. The van der Waals surface area contributed by atoms with E-state index in [0.717, 1.165) is 24.2 Å². The molecule has 10 heteroatoms. The van der Waals surface area contributed by atoms with Crippen molar-refractivity contribution in [1.29, 1.82) is 0 Å². The first-order valence-corrected chi connectivity index (χ1v) is 12.2. The van der Waals surface area contributed by atoms with Gasteiger partial charge in [0, 0.05) is 13.1 Å². The molecule has 0 spiro atoms. The molecule has 3 aliphatic rings. The van der Waals surface area contributed by atoms with Gasteiger partial charge in [0.2, 0.25) is 27.7 Å². The molecule has 0 unspecified atom stereocenters. The van der Waals surface area contributed by atoms with Crippen molar-refractivity contribution in [3.05, 3.63) is 30.4 Å². The van der Waals surface area contributed by atoms with E-state index in [9.17, 15) is 22.8 Å². The van der Waals surface area contributed by atoms with Crippen molar-refractivity contribution in [3.63, 3.8) is 0 Å². The minimum absolute atomic E-state index is 0.0564. The van der Waals surface area contributed by atoms with E-state index in [1.165, 1.54) is 29.6 Å². The van der Waals surface area contributed by atoms with Crippen LogP contribution < -0.4 is 10.1 Å². The van der Waals surface area contributed by atoms with Crippen molar-refractivity contribution in [2.75, 3.05) is 32.1 Å². The van der Waals surface area contributed by atoms with Gasteiger partial charge in [-0.1, -0.05) is 18.6 Å². The largest absolute Gasteiger partial charge is 0.495 e. The SMILES string of the molecule is COc1ccc(S(=O)(=O)N2CCCCC2)cc1NC(=O)CN1C(=O)[C@@H]2CC=CC[C@H]2C1=O. The number of amides is 3. The van der Waals surface area contributed by atoms with Gasteiger partial charge in [0.05, 0.1) is 29.5 Å². The highest BCUT2D eigenvalue weighted by Gasteiger charge is 2.47. The van der Waals surface area contributed by atoms with Gasteiger partial charge in [0.25, 0.3) is 0 Å². The monoisotopic (exact) mass is 461 g/mol. The number of benzene rings is 1. The van der Waals surface area contributed by atoms with E-state index < -0.39 is 34.3 Å². The number of carbonyl (C=O) groups is 3. The van der Waals surface area contributed by atoms with Gasteiger partial charge in [-0.3, -0.25) is 19.3 Å². The number of ether oxygens (including phenoxy) is 1. The van der Waals surface area contributed by atoms with Crippen LogP contribution in [0.2, 0.25) is 0 Å². The van der Waals surface area contributed by atoms with Crippen LogP contribution in [-0.4, -0.2) is 62.1 Å². The molecule has 172 valence electrons. The van der Waals surface area contributed by atoms with E-state index in [1.54, 1.807) is 0 Å². The second-order valence-corrected chi connectivity index (χ2v) is 10.2. The number of likely N-dealkylation sites (tertiary alicyclic amines) is 1. The lowest BCUT2D eigenvalue weighted by Gasteiger charge is -2.26. The first-order chi connectivity index (χ1) is 15.3. The van der Waals surface area contributed by atoms with E-state index >= 15 is 0 Å². The molecule has 4 rings (SSSR count). The number of piperidine rings is 1.